The molecule has 1 aromatic carbocycles. The third-order valence-corrected chi connectivity index (χ3v) is 6.75. The lowest BCUT2D eigenvalue weighted by molar-refractivity contribution is -0.141. The van der Waals surface area contributed by atoms with Crippen LogP contribution in [0.5, 0.6) is 0 Å². The summed E-state index contributed by atoms with van der Waals surface area (Å²) in [4.78, 5) is 31.0. The van der Waals surface area contributed by atoms with Crippen molar-refractivity contribution < 1.29 is 9.59 Å². The summed E-state index contributed by atoms with van der Waals surface area (Å²) >= 11 is 1.72. The Hall–Kier alpha value is -2.14. The van der Waals surface area contributed by atoms with E-state index >= 15 is 0 Å². The van der Waals surface area contributed by atoms with Crippen LogP contribution in [0.4, 0.5) is 0 Å². The minimum atomic E-state index is -0.537. The highest BCUT2D eigenvalue weighted by Gasteiger charge is 2.47. The lowest BCUT2D eigenvalue weighted by Gasteiger charge is -2.34. The first-order chi connectivity index (χ1) is 13.5. The molecule has 0 radical (unpaired) electrons. The zero-order valence-electron chi connectivity index (χ0n) is 17.1. The molecule has 4 nitrogen and oxygen atoms in total. The first-order valence-electron chi connectivity index (χ1n) is 10.2. The molecule has 0 saturated carbocycles. The molecule has 0 bridgehead atoms. The predicted molar refractivity (Wildman–Crippen MR) is 115 cm³/mol. The fourth-order valence-corrected chi connectivity index (χ4v) is 5.05. The van der Waals surface area contributed by atoms with Crippen molar-refractivity contribution in [1.82, 2.24) is 9.80 Å². The normalized spacial score (nSPS) is 19.0. The second kappa shape index (κ2) is 8.91. The number of carbonyl (C=O) groups excluding carboxylic acids is 2. The smallest absolute Gasteiger partial charge is 0.230 e. The van der Waals surface area contributed by atoms with Gasteiger partial charge in [0.2, 0.25) is 11.8 Å². The Labute approximate surface area is 172 Å². The average Bonchev–Trinajstić information content (AvgIpc) is 3.40. The van der Waals surface area contributed by atoms with Crippen LogP contribution in [0.1, 0.15) is 39.2 Å². The molecule has 0 unspecified atom stereocenters. The van der Waals surface area contributed by atoms with Gasteiger partial charge in [0.15, 0.2) is 0 Å². The molecule has 0 N–H and O–H groups in total. The Morgan fingerprint density at radius 1 is 1.11 bits per heavy atom. The van der Waals surface area contributed by atoms with Crippen LogP contribution in [0, 0.1) is 5.41 Å². The SMILES string of the molecule is CCC(=O)N1CC[C@](Cc2ccccc2-c2cccs2)(C(=O)N(CC)CC)C1. The standard InChI is InChI=1S/C23H30N2O2S/c1-4-21(26)25-14-13-23(17-25,22(27)24(5-2)6-3)16-18-10-7-8-11-19(18)20-12-9-15-28-20/h7-12,15H,4-6,13-14,16-17H2,1-3H3/t23-/m1/s1. The van der Waals surface area contributed by atoms with Crippen molar-refractivity contribution in [1.29, 1.82) is 0 Å². The predicted octanol–water partition coefficient (Wildman–Crippen LogP) is 4.45. The molecule has 1 saturated heterocycles. The van der Waals surface area contributed by atoms with Crippen molar-refractivity contribution in [3.63, 3.8) is 0 Å². The molecule has 5 heteroatoms. The van der Waals surface area contributed by atoms with Gasteiger partial charge in [0.25, 0.3) is 0 Å². The van der Waals surface area contributed by atoms with E-state index in [1.54, 1.807) is 11.3 Å². The van der Waals surface area contributed by atoms with Crippen LogP contribution < -0.4 is 0 Å². The number of thiophene rings is 1. The van der Waals surface area contributed by atoms with Gasteiger partial charge in [0.1, 0.15) is 0 Å². The first kappa shape index (κ1) is 20.6. The first-order valence-corrected chi connectivity index (χ1v) is 11.1. The summed E-state index contributed by atoms with van der Waals surface area (Å²) < 4.78 is 0. The number of likely N-dealkylation sites (tertiary alicyclic amines) is 1. The number of hydrogen-bond acceptors (Lipinski definition) is 3. The summed E-state index contributed by atoms with van der Waals surface area (Å²) in [6.07, 6.45) is 1.89. The van der Waals surface area contributed by atoms with Gasteiger partial charge in [0.05, 0.1) is 5.41 Å². The van der Waals surface area contributed by atoms with E-state index in [0.29, 0.717) is 39.0 Å². The van der Waals surface area contributed by atoms with Crippen molar-refractivity contribution in [2.75, 3.05) is 26.2 Å². The van der Waals surface area contributed by atoms with Crippen LogP contribution >= 0.6 is 11.3 Å². The van der Waals surface area contributed by atoms with Crippen LogP contribution in [0.25, 0.3) is 10.4 Å². The Morgan fingerprint density at radius 2 is 1.86 bits per heavy atom. The van der Waals surface area contributed by atoms with Crippen LogP contribution in [-0.2, 0) is 16.0 Å². The Balaban J connectivity index is 1.98. The van der Waals surface area contributed by atoms with E-state index in [-0.39, 0.29) is 11.8 Å². The van der Waals surface area contributed by atoms with Gasteiger partial charge in [-0.1, -0.05) is 37.3 Å². The van der Waals surface area contributed by atoms with Crippen molar-refractivity contribution >= 4 is 23.2 Å². The molecule has 1 aliphatic rings. The molecule has 1 aliphatic heterocycles. The molecule has 0 aliphatic carbocycles. The lowest BCUT2D eigenvalue weighted by atomic mass is 9.78. The molecule has 3 rings (SSSR count). The maximum atomic E-state index is 13.6. The Kier molecular flexibility index (Phi) is 6.55. The van der Waals surface area contributed by atoms with Gasteiger partial charge in [-0.15, -0.1) is 11.3 Å². The van der Waals surface area contributed by atoms with E-state index in [1.807, 2.05) is 36.6 Å². The number of nitrogens with zero attached hydrogens (tertiary/aromatic N) is 2. The third-order valence-electron chi connectivity index (χ3n) is 5.85. The third kappa shape index (κ3) is 4.00. The van der Waals surface area contributed by atoms with Gasteiger partial charge < -0.3 is 9.80 Å². The van der Waals surface area contributed by atoms with Gasteiger partial charge in [-0.25, -0.2) is 0 Å². The summed E-state index contributed by atoms with van der Waals surface area (Å²) in [5.74, 6) is 0.325. The highest BCUT2D eigenvalue weighted by atomic mass is 32.1. The molecule has 1 atom stereocenters. The minimum absolute atomic E-state index is 0.140. The van der Waals surface area contributed by atoms with Crippen LogP contribution in [0.2, 0.25) is 0 Å². The van der Waals surface area contributed by atoms with E-state index in [0.717, 1.165) is 6.42 Å². The maximum absolute atomic E-state index is 13.6. The van der Waals surface area contributed by atoms with Gasteiger partial charge in [-0.05, 0) is 49.3 Å². The van der Waals surface area contributed by atoms with Crippen molar-refractivity contribution in [2.45, 2.75) is 40.0 Å². The molecule has 1 fully saturated rings. The topological polar surface area (TPSA) is 40.6 Å². The summed E-state index contributed by atoms with van der Waals surface area (Å²) in [6, 6.07) is 12.6. The van der Waals surface area contributed by atoms with E-state index in [2.05, 4.69) is 35.7 Å². The van der Waals surface area contributed by atoms with E-state index in [1.165, 1.54) is 16.0 Å². The fraction of sp³-hybridized carbons (Fsp3) is 0.478. The van der Waals surface area contributed by atoms with Gasteiger partial charge in [0, 0.05) is 37.5 Å². The number of hydrogen-bond donors (Lipinski definition) is 0. The van der Waals surface area contributed by atoms with E-state index in [4.69, 9.17) is 0 Å². The second-order valence-corrected chi connectivity index (χ2v) is 8.44. The maximum Gasteiger partial charge on any atom is 0.230 e. The van der Waals surface area contributed by atoms with Gasteiger partial charge in [-0.3, -0.25) is 9.59 Å². The van der Waals surface area contributed by atoms with Gasteiger partial charge in [-0.2, -0.15) is 0 Å². The highest BCUT2D eigenvalue weighted by Crippen LogP contribution is 2.39. The van der Waals surface area contributed by atoms with Crippen LogP contribution in [-0.4, -0.2) is 47.8 Å². The number of benzene rings is 1. The molecular weight excluding hydrogens is 368 g/mol. The Morgan fingerprint density at radius 3 is 2.50 bits per heavy atom. The lowest BCUT2D eigenvalue weighted by Crippen LogP contribution is -2.47. The molecule has 2 aromatic rings. The van der Waals surface area contributed by atoms with Crippen molar-refractivity contribution in [2.24, 2.45) is 5.41 Å². The fourth-order valence-electron chi connectivity index (χ4n) is 4.26. The van der Waals surface area contributed by atoms with Crippen LogP contribution in [0.15, 0.2) is 41.8 Å². The molecule has 1 aromatic heterocycles. The van der Waals surface area contributed by atoms with Crippen LogP contribution in [0.3, 0.4) is 0 Å². The summed E-state index contributed by atoms with van der Waals surface area (Å²) in [5.41, 5.74) is 1.85. The molecule has 28 heavy (non-hydrogen) atoms. The highest BCUT2D eigenvalue weighted by molar-refractivity contribution is 7.13. The number of carbonyl (C=O) groups is 2. The minimum Gasteiger partial charge on any atom is -0.343 e. The van der Waals surface area contributed by atoms with Crippen molar-refractivity contribution in [3.8, 4) is 10.4 Å². The number of amides is 2. The second-order valence-electron chi connectivity index (χ2n) is 7.49. The summed E-state index contributed by atoms with van der Waals surface area (Å²) in [5, 5.41) is 2.08. The summed E-state index contributed by atoms with van der Waals surface area (Å²) in [6.45, 7) is 8.53. The van der Waals surface area contributed by atoms with E-state index < -0.39 is 5.41 Å². The summed E-state index contributed by atoms with van der Waals surface area (Å²) in [7, 11) is 0. The quantitative estimate of drug-likeness (QED) is 0.691. The van der Waals surface area contributed by atoms with Gasteiger partial charge >= 0.3 is 0 Å². The molecule has 0 spiro atoms. The average molecular weight is 399 g/mol. The monoisotopic (exact) mass is 398 g/mol. The zero-order chi connectivity index (χ0) is 20.1. The zero-order valence-corrected chi connectivity index (χ0v) is 17.9. The molecule has 2 amide bonds. The number of rotatable bonds is 7. The molecule has 2 heterocycles. The largest absolute Gasteiger partial charge is 0.343 e. The molecular formula is C23H30N2O2S. The van der Waals surface area contributed by atoms with Crippen molar-refractivity contribution in [3.05, 3.63) is 47.3 Å². The van der Waals surface area contributed by atoms with E-state index in [9.17, 15) is 9.59 Å². The molecule has 150 valence electrons. The Bertz CT molecular complexity index is 814.